The number of likely N-dealkylation sites (N-methyl/N-ethyl adjacent to an activating group) is 1. The molecule has 0 radical (unpaired) electrons. The van der Waals surface area contributed by atoms with Gasteiger partial charge in [-0.05, 0) is 33.7 Å². The Balaban J connectivity index is 0.00000338. The van der Waals surface area contributed by atoms with Gasteiger partial charge in [0.25, 0.3) is 0 Å². The van der Waals surface area contributed by atoms with Crippen molar-refractivity contribution in [3.05, 3.63) is 0 Å². The van der Waals surface area contributed by atoms with Gasteiger partial charge < -0.3 is 25.0 Å². The van der Waals surface area contributed by atoms with E-state index in [1.165, 1.54) is 0 Å². The minimum absolute atomic E-state index is 0. The molecule has 0 bridgehead atoms. The zero-order valence-electron chi connectivity index (χ0n) is 16.7. The van der Waals surface area contributed by atoms with Crippen LogP contribution in [0.15, 0.2) is 4.99 Å². The van der Waals surface area contributed by atoms with Gasteiger partial charge in [0.15, 0.2) is 5.96 Å². The highest BCUT2D eigenvalue weighted by atomic mass is 127. The van der Waals surface area contributed by atoms with Gasteiger partial charge >= 0.3 is 0 Å². The van der Waals surface area contributed by atoms with Crippen LogP contribution >= 0.6 is 24.0 Å². The summed E-state index contributed by atoms with van der Waals surface area (Å²) >= 11 is 0. The molecule has 2 unspecified atom stereocenters. The molecule has 8 heteroatoms. The fourth-order valence-electron chi connectivity index (χ4n) is 3.12. The number of piperazine rings is 1. The lowest BCUT2D eigenvalue weighted by atomic mass is 10.2. The van der Waals surface area contributed by atoms with E-state index in [4.69, 9.17) is 14.5 Å². The molecule has 0 aliphatic carbocycles. The van der Waals surface area contributed by atoms with E-state index in [9.17, 15) is 0 Å². The van der Waals surface area contributed by atoms with Crippen LogP contribution in [0.2, 0.25) is 0 Å². The van der Waals surface area contributed by atoms with Crippen molar-refractivity contribution in [3.8, 4) is 0 Å². The zero-order valence-corrected chi connectivity index (χ0v) is 19.0. The summed E-state index contributed by atoms with van der Waals surface area (Å²) in [5, 5.41) is 6.74. The average molecular weight is 483 g/mol. The molecule has 2 aliphatic heterocycles. The lowest BCUT2D eigenvalue weighted by Crippen LogP contribution is -2.49. The maximum absolute atomic E-state index is 5.80. The highest BCUT2D eigenvalue weighted by Crippen LogP contribution is 2.08. The second kappa shape index (κ2) is 13.9. The Morgan fingerprint density at radius 3 is 2.69 bits per heavy atom. The zero-order chi connectivity index (χ0) is 17.9. The number of hydrogen-bond acceptors (Lipinski definition) is 5. The van der Waals surface area contributed by atoms with E-state index in [0.29, 0.717) is 12.1 Å². The van der Waals surface area contributed by atoms with E-state index in [-0.39, 0.29) is 24.0 Å². The molecule has 2 rings (SSSR count). The summed E-state index contributed by atoms with van der Waals surface area (Å²) in [5.41, 5.74) is 0. The molecule has 2 N–H and O–H groups in total. The number of nitrogens with zero attached hydrogens (tertiary/aromatic N) is 3. The third-order valence-corrected chi connectivity index (χ3v) is 4.87. The molecule has 7 nitrogen and oxygen atoms in total. The van der Waals surface area contributed by atoms with Crippen LogP contribution in [-0.4, -0.2) is 101 Å². The molecule has 2 aliphatic rings. The second-order valence-electron chi connectivity index (χ2n) is 7.04. The van der Waals surface area contributed by atoms with Crippen molar-refractivity contribution in [1.29, 1.82) is 0 Å². The Bertz CT molecular complexity index is 386. The summed E-state index contributed by atoms with van der Waals surface area (Å²) in [4.78, 5) is 9.68. The first-order valence-corrected chi connectivity index (χ1v) is 9.83. The average Bonchev–Trinajstić information content (AvgIpc) is 3.13. The number of guanidine groups is 1. The van der Waals surface area contributed by atoms with Gasteiger partial charge in [0.05, 0.1) is 19.3 Å². The normalized spacial score (nSPS) is 23.5. The lowest BCUT2D eigenvalue weighted by molar-refractivity contribution is 0.0420. The molecular formula is C18H38IN5O2. The van der Waals surface area contributed by atoms with Crippen molar-refractivity contribution in [2.75, 3.05) is 72.7 Å². The molecule has 0 saturated carbocycles. The van der Waals surface area contributed by atoms with Crippen LogP contribution in [0.25, 0.3) is 0 Å². The van der Waals surface area contributed by atoms with Crippen molar-refractivity contribution >= 4 is 29.9 Å². The molecule has 154 valence electrons. The van der Waals surface area contributed by atoms with Gasteiger partial charge in [0.1, 0.15) is 0 Å². The van der Waals surface area contributed by atoms with Crippen molar-refractivity contribution < 1.29 is 9.47 Å². The van der Waals surface area contributed by atoms with E-state index in [2.05, 4.69) is 41.3 Å². The third kappa shape index (κ3) is 9.16. The van der Waals surface area contributed by atoms with Gasteiger partial charge in [0, 0.05) is 58.5 Å². The highest BCUT2D eigenvalue weighted by Gasteiger charge is 2.19. The van der Waals surface area contributed by atoms with Crippen LogP contribution in [0, 0.1) is 0 Å². The van der Waals surface area contributed by atoms with Gasteiger partial charge in [-0.2, -0.15) is 0 Å². The van der Waals surface area contributed by atoms with Gasteiger partial charge in [0.2, 0.25) is 0 Å². The van der Waals surface area contributed by atoms with Crippen molar-refractivity contribution in [2.45, 2.75) is 38.8 Å². The summed E-state index contributed by atoms with van der Waals surface area (Å²) in [5.74, 6) is 0.910. The number of aliphatic imine (C=N–C) groups is 1. The topological polar surface area (TPSA) is 61.4 Å². The lowest BCUT2D eigenvalue weighted by Gasteiger charge is -2.35. The first-order valence-electron chi connectivity index (χ1n) is 9.83. The predicted molar refractivity (Wildman–Crippen MR) is 118 cm³/mol. The van der Waals surface area contributed by atoms with Crippen molar-refractivity contribution in [2.24, 2.45) is 4.99 Å². The molecule has 0 aromatic carbocycles. The van der Waals surface area contributed by atoms with Crippen LogP contribution in [0.3, 0.4) is 0 Å². The number of nitrogens with one attached hydrogen (secondary N) is 2. The summed E-state index contributed by atoms with van der Waals surface area (Å²) in [7, 11) is 2.19. The van der Waals surface area contributed by atoms with Crippen molar-refractivity contribution in [3.63, 3.8) is 0 Å². The van der Waals surface area contributed by atoms with E-state index in [1.54, 1.807) is 0 Å². The minimum atomic E-state index is 0. The number of hydrogen-bond donors (Lipinski definition) is 2. The maximum atomic E-state index is 5.80. The van der Waals surface area contributed by atoms with E-state index in [1.807, 2.05) is 0 Å². The molecule has 2 saturated heterocycles. The standard InChI is InChI=1S/C18H37N5O2.HI/c1-4-19-18(20-7-5-12-25-17-6-13-24-15-17)21-14-16(2)23-10-8-22(3)9-11-23;/h16-17H,4-15H2,1-3H3,(H2,19,20,21);1H. The van der Waals surface area contributed by atoms with Gasteiger partial charge in [-0.25, -0.2) is 0 Å². The van der Waals surface area contributed by atoms with Crippen LogP contribution in [0.1, 0.15) is 26.7 Å². The SMILES string of the molecule is CCNC(=NCC(C)N1CCN(C)CC1)NCCCOC1CCOC1.I. The molecular weight excluding hydrogens is 445 g/mol. The molecule has 2 atom stereocenters. The minimum Gasteiger partial charge on any atom is -0.379 e. The second-order valence-corrected chi connectivity index (χ2v) is 7.04. The molecule has 0 aromatic rings. The van der Waals surface area contributed by atoms with Gasteiger partial charge in [-0.3, -0.25) is 9.89 Å². The first kappa shape index (κ1) is 23.9. The van der Waals surface area contributed by atoms with E-state index < -0.39 is 0 Å². The summed E-state index contributed by atoms with van der Waals surface area (Å²) in [6.45, 7) is 13.9. The number of ether oxygens (including phenoxy) is 2. The summed E-state index contributed by atoms with van der Waals surface area (Å²) < 4.78 is 11.1. The van der Waals surface area contributed by atoms with Crippen LogP contribution < -0.4 is 10.6 Å². The number of rotatable bonds is 9. The quantitative estimate of drug-likeness (QED) is 0.221. The van der Waals surface area contributed by atoms with Crippen molar-refractivity contribution in [1.82, 2.24) is 20.4 Å². The third-order valence-electron chi connectivity index (χ3n) is 4.87. The monoisotopic (exact) mass is 483 g/mol. The molecule has 2 heterocycles. The van der Waals surface area contributed by atoms with Gasteiger partial charge in [-0.15, -0.1) is 24.0 Å². The fourth-order valence-corrected chi connectivity index (χ4v) is 3.12. The molecule has 26 heavy (non-hydrogen) atoms. The van der Waals surface area contributed by atoms with Gasteiger partial charge in [-0.1, -0.05) is 0 Å². The number of halogens is 1. The Kier molecular flexibility index (Phi) is 12.8. The van der Waals surface area contributed by atoms with E-state index >= 15 is 0 Å². The maximum Gasteiger partial charge on any atom is 0.191 e. The van der Waals surface area contributed by atoms with Crippen LogP contribution in [0.5, 0.6) is 0 Å². The molecule has 0 spiro atoms. The Morgan fingerprint density at radius 2 is 2.04 bits per heavy atom. The van der Waals surface area contributed by atoms with E-state index in [0.717, 1.165) is 84.4 Å². The Hall–Kier alpha value is -0.160. The van der Waals surface area contributed by atoms with Crippen LogP contribution in [-0.2, 0) is 9.47 Å². The molecule has 0 amide bonds. The first-order chi connectivity index (χ1) is 12.2. The smallest absolute Gasteiger partial charge is 0.191 e. The van der Waals surface area contributed by atoms with Crippen LogP contribution in [0.4, 0.5) is 0 Å². The molecule has 0 aromatic heterocycles. The fraction of sp³-hybridized carbons (Fsp3) is 0.944. The largest absolute Gasteiger partial charge is 0.379 e. The summed E-state index contributed by atoms with van der Waals surface area (Å²) in [6.07, 6.45) is 2.31. The Morgan fingerprint density at radius 1 is 1.27 bits per heavy atom. The highest BCUT2D eigenvalue weighted by molar-refractivity contribution is 14.0. The summed E-state index contributed by atoms with van der Waals surface area (Å²) in [6, 6.07) is 0.481. The Labute approximate surface area is 176 Å². The molecule has 2 fully saturated rings. The predicted octanol–water partition coefficient (Wildman–Crippen LogP) is 0.991.